The predicted molar refractivity (Wildman–Crippen MR) is 63.8 cm³/mol. The number of ether oxygens (including phenoxy) is 2. The number of hydrogen-bond acceptors (Lipinski definition) is 4. The van der Waals surface area contributed by atoms with E-state index in [4.69, 9.17) is 20.9 Å². The standard InChI is InChI=1S/C12H16N2O3/c13-10-4-3-8(12(14)15)6-11(10)17-7-9-2-1-5-16-9/h3-4,6,9H,1-2,5,7,13H2,(H2,14,15). The van der Waals surface area contributed by atoms with Gasteiger partial charge in [-0.1, -0.05) is 0 Å². The van der Waals surface area contributed by atoms with Gasteiger partial charge in [-0.3, -0.25) is 4.79 Å². The fourth-order valence-corrected chi connectivity index (χ4v) is 1.77. The third kappa shape index (κ3) is 2.88. The summed E-state index contributed by atoms with van der Waals surface area (Å²) >= 11 is 0. The van der Waals surface area contributed by atoms with Crippen LogP contribution in [0.5, 0.6) is 5.75 Å². The van der Waals surface area contributed by atoms with E-state index in [2.05, 4.69) is 0 Å². The monoisotopic (exact) mass is 236 g/mol. The van der Waals surface area contributed by atoms with Gasteiger partial charge < -0.3 is 20.9 Å². The highest BCUT2D eigenvalue weighted by molar-refractivity contribution is 5.93. The van der Waals surface area contributed by atoms with Crippen LogP contribution in [0.1, 0.15) is 23.2 Å². The maximum absolute atomic E-state index is 11.0. The average Bonchev–Trinajstić information content (AvgIpc) is 2.80. The van der Waals surface area contributed by atoms with Gasteiger partial charge in [0.2, 0.25) is 5.91 Å². The molecule has 1 fully saturated rings. The molecule has 1 aromatic rings. The molecule has 1 unspecified atom stereocenters. The second-order valence-corrected chi connectivity index (χ2v) is 4.06. The van der Waals surface area contributed by atoms with E-state index in [0.717, 1.165) is 19.4 Å². The number of nitrogens with two attached hydrogens (primary N) is 2. The Morgan fingerprint density at radius 1 is 1.53 bits per heavy atom. The first-order valence-electron chi connectivity index (χ1n) is 5.60. The number of carbonyl (C=O) groups is 1. The number of anilines is 1. The van der Waals surface area contributed by atoms with E-state index in [0.29, 0.717) is 23.6 Å². The van der Waals surface area contributed by atoms with E-state index < -0.39 is 5.91 Å². The summed E-state index contributed by atoms with van der Waals surface area (Å²) in [4.78, 5) is 11.0. The van der Waals surface area contributed by atoms with Gasteiger partial charge in [0.15, 0.2) is 0 Å². The number of primary amides is 1. The largest absolute Gasteiger partial charge is 0.489 e. The minimum absolute atomic E-state index is 0.117. The van der Waals surface area contributed by atoms with Crippen LogP contribution in [0, 0.1) is 0 Å². The van der Waals surface area contributed by atoms with Gasteiger partial charge in [-0.15, -0.1) is 0 Å². The Kier molecular flexibility index (Phi) is 3.49. The first-order valence-corrected chi connectivity index (χ1v) is 5.60. The Hall–Kier alpha value is -1.75. The van der Waals surface area contributed by atoms with Crippen LogP contribution in [0.25, 0.3) is 0 Å². The molecule has 0 aromatic heterocycles. The number of nitrogen functional groups attached to an aromatic ring is 1. The Balaban J connectivity index is 2.03. The molecule has 4 N–H and O–H groups in total. The zero-order chi connectivity index (χ0) is 12.3. The first kappa shape index (κ1) is 11.7. The second kappa shape index (κ2) is 5.05. The molecule has 1 atom stereocenters. The van der Waals surface area contributed by atoms with Crippen molar-refractivity contribution in [2.45, 2.75) is 18.9 Å². The smallest absolute Gasteiger partial charge is 0.248 e. The lowest BCUT2D eigenvalue weighted by atomic mass is 10.2. The highest BCUT2D eigenvalue weighted by atomic mass is 16.5. The van der Waals surface area contributed by atoms with Crippen LogP contribution >= 0.6 is 0 Å². The molecule has 1 heterocycles. The fourth-order valence-electron chi connectivity index (χ4n) is 1.77. The molecule has 1 aliphatic rings. The Bertz CT molecular complexity index is 414. The number of carbonyl (C=O) groups excluding carboxylic acids is 1. The van der Waals surface area contributed by atoms with E-state index in [1.54, 1.807) is 18.2 Å². The van der Waals surface area contributed by atoms with Gasteiger partial charge in [-0.25, -0.2) is 0 Å². The van der Waals surface area contributed by atoms with Crippen LogP contribution in [0.2, 0.25) is 0 Å². The molecule has 2 rings (SSSR count). The zero-order valence-electron chi connectivity index (χ0n) is 9.52. The van der Waals surface area contributed by atoms with Crippen LogP contribution in [0.3, 0.4) is 0 Å². The molecular formula is C12H16N2O3. The molecule has 0 aliphatic carbocycles. The SMILES string of the molecule is NC(=O)c1ccc(N)c(OCC2CCCO2)c1. The highest BCUT2D eigenvalue weighted by Crippen LogP contribution is 2.24. The van der Waals surface area contributed by atoms with Crippen molar-refractivity contribution in [1.29, 1.82) is 0 Å². The minimum Gasteiger partial charge on any atom is -0.489 e. The molecule has 92 valence electrons. The third-order valence-electron chi connectivity index (χ3n) is 2.75. The quantitative estimate of drug-likeness (QED) is 0.761. The van der Waals surface area contributed by atoms with Crippen LogP contribution in [-0.4, -0.2) is 25.2 Å². The number of hydrogen-bond donors (Lipinski definition) is 2. The van der Waals surface area contributed by atoms with Gasteiger partial charge in [0.05, 0.1) is 11.8 Å². The normalized spacial score (nSPS) is 19.2. The summed E-state index contributed by atoms with van der Waals surface area (Å²) in [5, 5.41) is 0. The van der Waals surface area contributed by atoms with Crippen LogP contribution in [0.15, 0.2) is 18.2 Å². The van der Waals surface area contributed by atoms with Crippen molar-refractivity contribution in [3.63, 3.8) is 0 Å². The Morgan fingerprint density at radius 2 is 2.35 bits per heavy atom. The van der Waals surface area contributed by atoms with Crippen molar-refractivity contribution < 1.29 is 14.3 Å². The Morgan fingerprint density at radius 3 is 3.00 bits per heavy atom. The molecule has 0 bridgehead atoms. The topological polar surface area (TPSA) is 87.6 Å². The summed E-state index contributed by atoms with van der Waals surface area (Å²) in [6.07, 6.45) is 2.17. The van der Waals surface area contributed by atoms with E-state index in [-0.39, 0.29) is 6.10 Å². The van der Waals surface area contributed by atoms with Crippen molar-refractivity contribution >= 4 is 11.6 Å². The van der Waals surface area contributed by atoms with E-state index in [1.165, 1.54) is 0 Å². The van der Waals surface area contributed by atoms with E-state index in [1.807, 2.05) is 0 Å². The predicted octanol–water partition coefficient (Wildman–Crippen LogP) is 0.925. The molecule has 1 aliphatic heterocycles. The lowest BCUT2D eigenvalue weighted by Crippen LogP contribution is -2.17. The average molecular weight is 236 g/mol. The summed E-state index contributed by atoms with van der Waals surface area (Å²) in [7, 11) is 0. The maximum Gasteiger partial charge on any atom is 0.248 e. The zero-order valence-corrected chi connectivity index (χ0v) is 9.52. The number of rotatable bonds is 4. The number of benzene rings is 1. The highest BCUT2D eigenvalue weighted by Gasteiger charge is 2.16. The van der Waals surface area contributed by atoms with Gasteiger partial charge in [0.1, 0.15) is 12.4 Å². The molecule has 5 heteroatoms. The number of amides is 1. The lowest BCUT2D eigenvalue weighted by molar-refractivity contribution is 0.0682. The van der Waals surface area contributed by atoms with Gasteiger partial charge in [0.25, 0.3) is 0 Å². The summed E-state index contributed by atoms with van der Waals surface area (Å²) in [5.41, 5.74) is 11.8. The van der Waals surface area contributed by atoms with Crippen molar-refractivity contribution in [3.8, 4) is 5.75 Å². The van der Waals surface area contributed by atoms with Crippen molar-refractivity contribution in [2.75, 3.05) is 18.9 Å². The van der Waals surface area contributed by atoms with Gasteiger partial charge >= 0.3 is 0 Å². The van der Waals surface area contributed by atoms with E-state index >= 15 is 0 Å². The van der Waals surface area contributed by atoms with Crippen LogP contribution in [0.4, 0.5) is 5.69 Å². The molecule has 1 aromatic carbocycles. The second-order valence-electron chi connectivity index (χ2n) is 4.06. The summed E-state index contributed by atoms with van der Waals surface area (Å²) in [5.74, 6) is -0.0104. The third-order valence-corrected chi connectivity index (χ3v) is 2.75. The summed E-state index contributed by atoms with van der Waals surface area (Å²) in [6, 6.07) is 4.76. The van der Waals surface area contributed by atoms with Crippen LogP contribution in [-0.2, 0) is 4.74 Å². The summed E-state index contributed by atoms with van der Waals surface area (Å²) < 4.78 is 11.0. The molecule has 0 saturated carbocycles. The molecule has 1 amide bonds. The molecular weight excluding hydrogens is 220 g/mol. The summed E-state index contributed by atoms with van der Waals surface area (Å²) in [6.45, 7) is 1.23. The molecule has 0 spiro atoms. The van der Waals surface area contributed by atoms with Crippen molar-refractivity contribution in [2.24, 2.45) is 5.73 Å². The molecule has 17 heavy (non-hydrogen) atoms. The van der Waals surface area contributed by atoms with Gasteiger partial charge in [-0.2, -0.15) is 0 Å². The van der Waals surface area contributed by atoms with Crippen molar-refractivity contribution in [3.05, 3.63) is 23.8 Å². The van der Waals surface area contributed by atoms with Crippen molar-refractivity contribution in [1.82, 2.24) is 0 Å². The molecule has 0 radical (unpaired) electrons. The minimum atomic E-state index is -0.494. The molecule has 5 nitrogen and oxygen atoms in total. The first-order chi connectivity index (χ1) is 8.16. The lowest BCUT2D eigenvalue weighted by Gasteiger charge is -2.13. The van der Waals surface area contributed by atoms with Crippen LogP contribution < -0.4 is 16.2 Å². The van der Waals surface area contributed by atoms with E-state index in [9.17, 15) is 4.79 Å². The van der Waals surface area contributed by atoms with Gasteiger partial charge in [0, 0.05) is 12.2 Å². The molecule has 1 saturated heterocycles. The Labute approximate surface area is 99.7 Å². The maximum atomic E-state index is 11.0. The fraction of sp³-hybridized carbons (Fsp3) is 0.417. The van der Waals surface area contributed by atoms with Gasteiger partial charge in [-0.05, 0) is 31.0 Å².